The smallest absolute Gasteiger partial charge is 0.322 e. The molecule has 3 amide bonds. The zero-order chi connectivity index (χ0) is 24.2. The lowest BCUT2D eigenvalue weighted by Crippen LogP contribution is -2.50. The van der Waals surface area contributed by atoms with Crippen molar-refractivity contribution in [3.8, 4) is 5.75 Å². The first-order chi connectivity index (χ1) is 16.4. The van der Waals surface area contributed by atoms with E-state index in [4.69, 9.17) is 4.74 Å². The number of anilines is 1. The fourth-order valence-electron chi connectivity index (χ4n) is 4.34. The van der Waals surface area contributed by atoms with Crippen molar-refractivity contribution in [2.24, 2.45) is 0 Å². The number of hydrogen-bond donors (Lipinski definition) is 1. The summed E-state index contributed by atoms with van der Waals surface area (Å²) in [7, 11) is 1.54. The first-order valence-electron chi connectivity index (χ1n) is 11.3. The number of fused-ring (bicyclic) bond motifs is 1. The van der Waals surface area contributed by atoms with Crippen LogP contribution in [0.2, 0.25) is 0 Å². The van der Waals surface area contributed by atoms with E-state index in [9.17, 15) is 14.0 Å². The van der Waals surface area contributed by atoms with E-state index >= 15 is 0 Å². The summed E-state index contributed by atoms with van der Waals surface area (Å²) in [6.45, 7) is 4.71. The van der Waals surface area contributed by atoms with Crippen LogP contribution in [0.15, 0.2) is 66.9 Å². The average molecular weight is 465 g/mol. The van der Waals surface area contributed by atoms with Crippen LogP contribution >= 0.6 is 0 Å². The quantitative estimate of drug-likeness (QED) is 0.584. The molecule has 1 N–H and O–H groups in total. The van der Waals surface area contributed by atoms with Gasteiger partial charge in [-0.1, -0.05) is 24.3 Å². The molecule has 1 unspecified atom stereocenters. The van der Waals surface area contributed by atoms with Crippen molar-refractivity contribution in [3.63, 3.8) is 0 Å². The lowest BCUT2D eigenvalue weighted by atomic mass is 9.99. The highest BCUT2D eigenvalue weighted by Crippen LogP contribution is 2.33. The summed E-state index contributed by atoms with van der Waals surface area (Å²) in [6, 6.07) is 16.3. The van der Waals surface area contributed by atoms with Gasteiger partial charge in [-0.25, -0.2) is 9.18 Å². The predicted molar refractivity (Wildman–Crippen MR) is 128 cm³/mol. The van der Waals surface area contributed by atoms with Crippen LogP contribution in [0.1, 0.15) is 31.1 Å². The van der Waals surface area contributed by atoms with Gasteiger partial charge >= 0.3 is 6.03 Å². The van der Waals surface area contributed by atoms with E-state index in [0.29, 0.717) is 30.1 Å². The highest BCUT2D eigenvalue weighted by atomic mass is 19.1. The van der Waals surface area contributed by atoms with E-state index in [-0.39, 0.29) is 24.3 Å². The van der Waals surface area contributed by atoms with Gasteiger partial charge in [-0.3, -0.25) is 4.79 Å². The number of carbonyl (C=O) groups excluding carboxylic acids is 2. The second-order valence-electron chi connectivity index (χ2n) is 8.52. The van der Waals surface area contributed by atoms with Gasteiger partial charge in [0, 0.05) is 31.0 Å². The maximum absolute atomic E-state index is 14.1. The van der Waals surface area contributed by atoms with Crippen LogP contribution in [0.25, 0.3) is 0 Å². The number of halogens is 1. The number of carbonyl (C=O) groups is 2. The molecule has 0 bridgehead atoms. The number of methoxy groups -OCH3 is 1. The molecule has 0 spiro atoms. The number of urea groups is 1. The van der Waals surface area contributed by atoms with E-state index in [1.165, 1.54) is 24.1 Å². The van der Waals surface area contributed by atoms with Crippen LogP contribution in [0, 0.1) is 5.82 Å². The molecule has 2 aromatic carbocycles. The molecule has 3 aromatic rings. The minimum atomic E-state index is -0.432. The predicted octanol–water partition coefficient (Wildman–Crippen LogP) is 4.51. The molecule has 178 valence electrons. The summed E-state index contributed by atoms with van der Waals surface area (Å²) in [4.78, 5) is 29.9. The zero-order valence-electron chi connectivity index (χ0n) is 19.6. The Bertz CT molecular complexity index is 1180. The van der Waals surface area contributed by atoms with E-state index in [1.807, 2.05) is 44.3 Å². The maximum Gasteiger partial charge on any atom is 0.322 e. The number of para-hydroxylation sites is 2. The van der Waals surface area contributed by atoms with Gasteiger partial charge in [0.05, 0.1) is 18.8 Å². The van der Waals surface area contributed by atoms with E-state index in [2.05, 4.69) is 9.88 Å². The van der Waals surface area contributed by atoms with Crippen LogP contribution in [-0.2, 0) is 11.3 Å². The topological polar surface area (TPSA) is 66.8 Å². The molecular weight excluding hydrogens is 435 g/mol. The van der Waals surface area contributed by atoms with Crippen LogP contribution in [0.4, 0.5) is 14.9 Å². The SMILES string of the molecule is COc1ccccc1NC(=O)N(CC(=O)N1CCn2cccc2C1c1cccc(F)c1)C(C)C. The molecule has 1 aliphatic rings. The molecule has 2 heterocycles. The fraction of sp³-hybridized carbons (Fsp3) is 0.308. The molecule has 1 aromatic heterocycles. The highest BCUT2D eigenvalue weighted by Gasteiger charge is 2.34. The number of hydrogen-bond acceptors (Lipinski definition) is 3. The van der Waals surface area contributed by atoms with Gasteiger partial charge in [0.2, 0.25) is 5.91 Å². The standard InChI is InChI=1S/C26H29FN4O3/c1-18(2)31(26(33)28-21-10-4-5-12-23(21)34-3)17-24(32)30-15-14-29-13-7-11-22(29)25(30)19-8-6-9-20(27)16-19/h4-13,16,18,25H,14-15,17H2,1-3H3,(H,28,33). The minimum Gasteiger partial charge on any atom is -0.495 e. The number of nitrogens with one attached hydrogen (secondary N) is 1. The highest BCUT2D eigenvalue weighted by molar-refractivity contribution is 5.94. The molecule has 0 aliphatic carbocycles. The summed E-state index contributed by atoms with van der Waals surface area (Å²) in [5.41, 5.74) is 2.14. The molecule has 0 radical (unpaired) electrons. The molecule has 0 saturated carbocycles. The Kier molecular flexibility index (Phi) is 6.86. The first kappa shape index (κ1) is 23.4. The maximum atomic E-state index is 14.1. The van der Waals surface area contributed by atoms with Crippen molar-refractivity contribution < 1.29 is 18.7 Å². The molecule has 34 heavy (non-hydrogen) atoms. The molecule has 0 fully saturated rings. The molecule has 4 rings (SSSR count). The monoisotopic (exact) mass is 464 g/mol. The van der Waals surface area contributed by atoms with Crippen molar-refractivity contribution in [1.82, 2.24) is 14.4 Å². The fourth-order valence-corrected chi connectivity index (χ4v) is 4.34. The summed E-state index contributed by atoms with van der Waals surface area (Å²) in [5, 5.41) is 2.85. The Morgan fingerprint density at radius 1 is 1.12 bits per heavy atom. The van der Waals surface area contributed by atoms with Crippen LogP contribution in [-0.4, -0.2) is 52.5 Å². The first-order valence-corrected chi connectivity index (χ1v) is 11.3. The van der Waals surface area contributed by atoms with Gasteiger partial charge in [-0.05, 0) is 55.8 Å². The van der Waals surface area contributed by atoms with Crippen molar-refractivity contribution >= 4 is 17.6 Å². The number of benzene rings is 2. The number of rotatable bonds is 6. The Hall–Kier alpha value is -3.81. The van der Waals surface area contributed by atoms with Gasteiger partial charge in [0.1, 0.15) is 18.1 Å². The Morgan fingerprint density at radius 3 is 2.65 bits per heavy atom. The van der Waals surface area contributed by atoms with E-state index in [0.717, 1.165) is 5.69 Å². The van der Waals surface area contributed by atoms with Crippen LogP contribution in [0.5, 0.6) is 5.75 Å². The minimum absolute atomic E-state index is 0.106. The molecule has 8 heteroatoms. The number of aromatic nitrogens is 1. The van der Waals surface area contributed by atoms with Gasteiger partial charge in [-0.2, -0.15) is 0 Å². The summed E-state index contributed by atoms with van der Waals surface area (Å²) in [6.07, 6.45) is 1.96. The lowest BCUT2D eigenvalue weighted by molar-refractivity contribution is -0.134. The van der Waals surface area contributed by atoms with Gasteiger partial charge in [0.25, 0.3) is 0 Å². The lowest BCUT2D eigenvalue weighted by Gasteiger charge is -2.39. The third-order valence-electron chi connectivity index (χ3n) is 6.06. The van der Waals surface area contributed by atoms with Crippen molar-refractivity contribution in [2.45, 2.75) is 32.5 Å². The zero-order valence-corrected chi connectivity index (χ0v) is 19.6. The third-order valence-corrected chi connectivity index (χ3v) is 6.06. The number of amides is 3. The van der Waals surface area contributed by atoms with E-state index < -0.39 is 12.1 Å². The summed E-state index contributed by atoms with van der Waals surface area (Å²) in [5.74, 6) is -0.0204. The Balaban J connectivity index is 1.58. The van der Waals surface area contributed by atoms with Gasteiger partial charge in [0.15, 0.2) is 0 Å². The second-order valence-corrected chi connectivity index (χ2v) is 8.52. The number of ether oxygens (including phenoxy) is 1. The molecule has 1 atom stereocenters. The van der Waals surface area contributed by atoms with Gasteiger partial charge < -0.3 is 24.4 Å². The molecule has 0 saturated heterocycles. The number of nitrogens with zero attached hydrogens (tertiary/aromatic N) is 3. The van der Waals surface area contributed by atoms with Crippen LogP contribution < -0.4 is 10.1 Å². The van der Waals surface area contributed by atoms with Crippen molar-refractivity contribution in [3.05, 3.63) is 83.9 Å². The largest absolute Gasteiger partial charge is 0.495 e. The Morgan fingerprint density at radius 2 is 1.91 bits per heavy atom. The third kappa shape index (κ3) is 4.76. The second kappa shape index (κ2) is 9.99. The normalized spacial score (nSPS) is 15.1. The van der Waals surface area contributed by atoms with Gasteiger partial charge in [-0.15, -0.1) is 0 Å². The van der Waals surface area contributed by atoms with Crippen molar-refractivity contribution in [2.75, 3.05) is 25.5 Å². The molecule has 1 aliphatic heterocycles. The average Bonchev–Trinajstić information content (AvgIpc) is 3.30. The Labute approximate surface area is 198 Å². The molecule has 7 nitrogen and oxygen atoms in total. The van der Waals surface area contributed by atoms with Crippen LogP contribution in [0.3, 0.4) is 0 Å². The van der Waals surface area contributed by atoms with Crippen molar-refractivity contribution in [1.29, 1.82) is 0 Å². The summed E-state index contributed by atoms with van der Waals surface area (Å²) >= 11 is 0. The summed E-state index contributed by atoms with van der Waals surface area (Å²) < 4.78 is 21.5. The van der Waals surface area contributed by atoms with E-state index in [1.54, 1.807) is 29.2 Å². The molecular formula is C26H29FN4O3.